The van der Waals surface area contributed by atoms with E-state index in [-0.39, 0.29) is 17.7 Å². The molecule has 0 unspecified atom stereocenters. The molecule has 0 saturated heterocycles. The molecular weight excluding hydrogens is 418 g/mol. The minimum absolute atomic E-state index is 0.0884. The Balaban J connectivity index is 1.85. The summed E-state index contributed by atoms with van der Waals surface area (Å²) in [6.45, 7) is 0.0884. The van der Waals surface area contributed by atoms with Gasteiger partial charge in [0.15, 0.2) is 11.5 Å². The summed E-state index contributed by atoms with van der Waals surface area (Å²) in [5.41, 5.74) is -0.449. The van der Waals surface area contributed by atoms with Gasteiger partial charge in [0, 0.05) is 12.8 Å². The summed E-state index contributed by atoms with van der Waals surface area (Å²) < 4.78 is 11.5. The highest BCUT2D eigenvalue weighted by molar-refractivity contribution is 5.88. The average molecular weight is 439 g/mol. The van der Waals surface area contributed by atoms with Crippen molar-refractivity contribution < 1.29 is 24.5 Å². The first-order valence-corrected chi connectivity index (χ1v) is 9.48. The van der Waals surface area contributed by atoms with Crippen LogP contribution >= 0.6 is 0 Å². The van der Waals surface area contributed by atoms with Gasteiger partial charge in [0.1, 0.15) is 5.56 Å². The number of aromatic nitrogens is 2. The molecule has 0 amide bonds. The second-order valence-electron chi connectivity index (χ2n) is 6.70. The third kappa shape index (κ3) is 4.86. The lowest BCUT2D eigenvalue weighted by Gasteiger charge is -2.12. The lowest BCUT2D eigenvalue weighted by Crippen LogP contribution is -2.32. The number of aryl methyl sites for hydroxylation is 1. The molecule has 10 nitrogen and oxygen atoms in total. The van der Waals surface area contributed by atoms with Crippen LogP contribution in [0.25, 0.3) is 0 Å². The van der Waals surface area contributed by atoms with Gasteiger partial charge < -0.3 is 19.7 Å². The molecule has 0 spiro atoms. The maximum Gasteiger partial charge on any atom is 0.335 e. The Bertz CT molecular complexity index is 1270. The van der Waals surface area contributed by atoms with Gasteiger partial charge in [0.05, 0.1) is 25.5 Å². The van der Waals surface area contributed by atoms with Crippen LogP contribution in [0.4, 0.5) is 5.69 Å². The fraction of sp³-hybridized carbons (Fsp3) is 0.182. The van der Waals surface area contributed by atoms with Gasteiger partial charge in [-0.3, -0.25) is 19.3 Å². The topological polar surface area (TPSA) is 143 Å². The number of nitrogens with one attached hydrogen (secondary N) is 1. The quantitative estimate of drug-likeness (QED) is 0.455. The molecule has 10 heteroatoms. The zero-order chi connectivity index (χ0) is 23.3. The Hall–Kier alpha value is -4.34. The van der Waals surface area contributed by atoms with Crippen LogP contribution in [0, 0.1) is 0 Å². The van der Waals surface area contributed by atoms with E-state index in [1.54, 1.807) is 18.2 Å². The van der Waals surface area contributed by atoms with E-state index in [2.05, 4.69) is 9.98 Å². The molecule has 0 atom stereocenters. The molecule has 32 heavy (non-hydrogen) atoms. The molecule has 3 N–H and O–H groups in total. The molecule has 1 aromatic heterocycles. The van der Waals surface area contributed by atoms with Crippen molar-refractivity contribution in [2.24, 2.45) is 4.99 Å². The second kappa shape index (κ2) is 9.65. The van der Waals surface area contributed by atoms with E-state index >= 15 is 0 Å². The Morgan fingerprint density at radius 2 is 1.78 bits per heavy atom. The number of hydrogen-bond acceptors (Lipinski definition) is 7. The number of carbonyl (C=O) groups is 1. The van der Waals surface area contributed by atoms with E-state index in [4.69, 9.17) is 14.6 Å². The summed E-state index contributed by atoms with van der Waals surface area (Å²) >= 11 is 0. The van der Waals surface area contributed by atoms with Crippen molar-refractivity contribution in [1.29, 1.82) is 0 Å². The van der Waals surface area contributed by atoms with Crippen molar-refractivity contribution in [3.8, 4) is 17.4 Å². The van der Waals surface area contributed by atoms with Crippen LogP contribution < -0.4 is 20.7 Å². The number of aromatic hydroxyl groups is 1. The standard InChI is InChI=1S/C22H21N3O7/c1-31-17-8-3-13(11-18(17)32-2)9-10-25-20(27)16(19(26)24-22(25)30)12-23-15-6-4-14(5-7-15)21(28)29/h3-8,11-12,27H,9-10H2,1-2H3,(H,28,29)(H,24,26,30). The number of methoxy groups -OCH3 is 2. The van der Waals surface area contributed by atoms with Gasteiger partial charge in [0.25, 0.3) is 5.56 Å². The molecule has 3 aromatic rings. The van der Waals surface area contributed by atoms with Gasteiger partial charge in [-0.15, -0.1) is 0 Å². The summed E-state index contributed by atoms with van der Waals surface area (Å²) in [5.74, 6) is -0.499. The predicted molar refractivity (Wildman–Crippen MR) is 117 cm³/mol. The van der Waals surface area contributed by atoms with Crippen LogP contribution in [-0.4, -0.2) is 46.2 Å². The van der Waals surface area contributed by atoms with E-state index in [0.717, 1.165) is 16.3 Å². The molecule has 1 heterocycles. The molecule has 2 aromatic carbocycles. The van der Waals surface area contributed by atoms with Gasteiger partial charge >= 0.3 is 11.7 Å². The Morgan fingerprint density at radius 1 is 1.09 bits per heavy atom. The third-order valence-corrected chi connectivity index (χ3v) is 4.74. The van der Waals surface area contributed by atoms with Crippen molar-refractivity contribution in [2.45, 2.75) is 13.0 Å². The number of aromatic amines is 1. The van der Waals surface area contributed by atoms with E-state index in [0.29, 0.717) is 23.6 Å². The third-order valence-electron chi connectivity index (χ3n) is 4.74. The number of aliphatic imine (C=N–C) groups is 1. The molecule has 3 rings (SSSR count). The SMILES string of the molecule is COc1ccc(CCn2c(O)c(C=Nc3ccc(C(=O)O)cc3)c(=O)[nH]c2=O)cc1OC. The summed E-state index contributed by atoms with van der Waals surface area (Å²) in [4.78, 5) is 41.6. The number of hydrogen-bond donors (Lipinski definition) is 3. The number of H-pyrrole nitrogens is 1. The Morgan fingerprint density at radius 3 is 2.41 bits per heavy atom. The fourth-order valence-electron chi connectivity index (χ4n) is 3.01. The minimum Gasteiger partial charge on any atom is -0.494 e. The zero-order valence-corrected chi connectivity index (χ0v) is 17.4. The van der Waals surface area contributed by atoms with Gasteiger partial charge in [-0.05, 0) is 48.4 Å². The van der Waals surface area contributed by atoms with Crippen LogP contribution in [0.5, 0.6) is 17.4 Å². The number of carboxylic acid groups (broad SMARTS) is 1. The molecule has 166 valence electrons. The maximum absolute atomic E-state index is 12.2. The highest BCUT2D eigenvalue weighted by atomic mass is 16.5. The van der Waals surface area contributed by atoms with Crippen molar-refractivity contribution in [3.05, 3.63) is 80.0 Å². The number of rotatable bonds is 8. The fourth-order valence-corrected chi connectivity index (χ4v) is 3.01. The molecule has 0 radical (unpaired) electrons. The normalized spacial score (nSPS) is 10.9. The first kappa shape index (κ1) is 22.3. The first-order valence-electron chi connectivity index (χ1n) is 9.48. The lowest BCUT2D eigenvalue weighted by atomic mass is 10.1. The van der Waals surface area contributed by atoms with Crippen LogP contribution in [0.1, 0.15) is 21.5 Å². The van der Waals surface area contributed by atoms with E-state index in [9.17, 15) is 19.5 Å². The first-order chi connectivity index (χ1) is 15.3. The van der Waals surface area contributed by atoms with Crippen molar-refractivity contribution in [3.63, 3.8) is 0 Å². The average Bonchev–Trinajstić information content (AvgIpc) is 2.78. The van der Waals surface area contributed by atoms with E-state index in [1.165, 1.54) is 38.5 Å². The van der Waals surface area contributed by atoms with Crippen molar-refractivity contribution >= 4 is 17.9 Å². The van der Waals surface area contributed by atoms with E-state index < -0.39 is 23.1 Å². The second-order valence-corrected chi connectivity index (χ2v) is 6.70. The number of ether oxygens (including phenoxy) is 2. The van der Waals surface area contributed by atoms with Crippen LogP contribution in [0.2, 0.25) is 0 Å². The Kier molecular flexibility index (Phi) is 6.74. The summed E-state index contributed by atoms with van der Waals surface area (Å²) in [7, 11) is 3.04. The van der Waals surface area contributed by atoms with Crippen LogP contribution in [0.15, 0.2) is 57.0 Å². The van der Waals surface area contributed by atoms with Gasteiger partial charge in [-0.2, -0.15) is 0 Å². The van der Waals surface area contributed by atoms with Gasteiger partial charge in [-0.25, -0.2) is 9.59 Å². The molecule has 0 aliphatic heterocycles. The lowest BCUT2D eigenvalue weighted by molar-refractivity contribution is 0.0697. The number of carboxylic acids is 1. The van der Waals surface area contributed by atoms with Crippen molar-refractivity contribution in [2.75, 3.05) is 14.2 Å². The van der Waals surface area contributed by atoms with Crippen LogP contribution in [0.3, 0.4) is 0 Å². The Labute approximate surface area is 182 Å². The van der Waals surface area contributed by atoms with Crippen molar-refractivity contribution in [1.82, 2.24) is 9.55 Å². The zero-order valence-electron chi connectivity index (χ0n) is 17.4. The summed E-state index contributed by atoms with van der Waals surface area (Å²) in [6.07, 6.45) is 1.49. The summed E-state index contributed by atoms with van der Waals surface area (Å²) in [5, 5.41) is 19.5. The highest BCUT2D eigenvalue weighted by Crippen LogP contribution is 2.28. The van der Waals surface area contributed by atoms with E-state index in [1.807, 2.05) is 0 Å². The predicted octanol–water partition coefficient (Wildman–Crippen LogP) is 1.95. The minimum atomic E-state index is -1.07. The monoisotopic (exact) mass is 439 g/mol. The van der Waals surface area contributed by atoms with Gasteiger partial charge in [0.2, 0.25) is 5.88 Å². The number of benzene rings is 2. The maximum atomic E-state index is 12.2. The largest absolute Gasteiger partial charge is 0.494 e. The highest BCUT2D eigenvalue weighted by Gasteiger charge is 2.13. The number of nitrogens with zero attached hydrogens (tertiary/aromatic N) is 2. The molecule has 0 saturated carbocycles. The van der Waals surface area contributed by atoms with Crippen LogP contribution in [-0.2, 0) is 13.0 Å². The molecule has 0 bridgehead atoms. The summed E-state index contributed by atoms with van der Waals surface area (Å²) in [6, 6.07) is 10.9. The number of aromatic carboxylic acids is 1. The molecule has 0 aliphatic carbocycles. The van der Waals surface area contributed by atoms with Gasteiger partial charge in [-0.1, -0.05) is 6.07 Å². The molecule has 0 aliphatic rings. The smallest absolute Gasteiger partial charge is 0.335 e. The molecular formula is C22H21N3O7. The molecule has 0 fully saturated rings.